The van der Waals surface area contributed by atoms with Crippen molar-refractivity contribution in [2.24, 2.45) is 0 Å². The van der Waals surface area contributed by atoms with Crippen LogP contribution in [-0.4, -0.2) is 19.7 Å². The molecule has 0 fully saturated rings. The van der Waals surface area contributed by atoms with Crippen LogP contribution in [0.1, 0.15) is 33.6 Å². The first-order valence-electron chi connectivity index (χ1n) is 10.1. The van der Waals surface area contributed by atoms with Gasteiger partial charge in [0.15, 0.2) is 0 Å². The van der Waals surface area contributed by atoms with Gasteiger partial charge in [-0.25, -0.2) is 0 Å². The zero-order chi connectivity index (χ0) is 19.8. The number of rotatable bonds is 8. The minimum absolute atomic E-state index is 0.191. The zero-order valence-electron chi connectivity index (χ0n) is 17.1. The van der Waals surface area contributed by atoms with Crippen LogP contribution in [-0.2, 0) is 3.76 Å². The average Bonchev–Trinajstić information content (AvgIpc) is 2.74. The number of hydrogen-bond donors (Lipinski definition) is 0. The Hall–Kier alpha value is -2.10. The van der Waals surface area contributed by atoms with Crippen LogP contribution < -0.4 is 13.2 Å². The molecule has 144 valence electrons. The van der Waals surface area contributed by atoms with Crippen molar-refractivity contribution in [3.05, 3.63) is 103 Å². The van der Waals surface area contributed by atoms with Gasteiger partial charge in [-0.3, -0.25) is 0 Å². The van der Waals surface area contributed by atoms with Gasteiger partial charge in [0.2, 0.25) is 0 Å². The van der Waals surface area contributed by atoms with Gasteiger partial charge in [0.1, 0.15) is 0 Å². The van der Waals surface area contributed by atoms with Crippen molar-refractivity contribution in [2.75, 3.05) is 0 Å². The van der Waals surface area contributed by atoms with E-state index in [-0.39, 0.29) is 6.10 Å². The van der Waals surface area contributed by atoms with E-state index in [4.69, 9.17) is 3.76 Å². The maximum atomic E-state index is 7.14. The molecule has 3 aromatic carbocycles. The molecule has 0 heterocycles. The fourth-order valence-corrected chi connectivity index (χ4v) is 12.3. The van der Waals surface area contributed by atoms with E-state index in [2.05, 4.69) is 118 Å². The summed E-state index contributed by atoms with van der Waals surface area (Å²) in [6.07, 6.45) is 4.59. The summed E-state index contributed by atoms with van der Waals surface area (Å²) < 4.78 is 11.2. The average molecular weight is 431 g/mol. The van der Waals surface area contributed by atoms with E-state index in [1.807, 2.05) is 0 Å². The summed E-state index contributed by atoms with van der Waals surface area (Å²) in [6, 6.07) is 32.6. The maximum absolute atomic E-state index is 7.14. The van der Waals surface area contributed by atoms with Crippen molar-refractivity contribution >= 4 is 26.8 Å². The summed E-state index contributed by atoms with van der Waals surface area (Å²) in [5, 5.41) is 0. The molecule has 28 heavy (non-hydrogen) atoms. The predicted molar refractivity (Wildman–Crippen MR) is 123 cm³/mol. The number of benzene rings is 3. The van der Waals surface area contributed by atoms with Gasteiger partial charge in [0.25, 0.3) is 0 Å². The molecular weight excluding hydrogens is 401 g/mol. The molecule has 3 rings (SSSR count). The second-order valence-corrected chi connectivity index (χ2v) is 14.6. The molecule has 0 bridgehead atoms. The van der Waals surface area contributed by atoms with Gasteiger partial charge < -0.3 is 0 Å². The van der Waals surface area contributed by atoms with Crippen LogP contribution in [0.25, 0.3) is 0 Å². The molecule has 1 atom stereocenters. The third-order valence-electron chi connectivity index (χ3n) is 5.04. The van der Waals surface area contributed by atoms with Crippen LogP contribution in [0.15, 0.2) is 103 Å². The van der Waals surface area contributed by atoms with Crippen LogP contribution in [0.4, 0.5) is 0 Å². The van der Waals surface area contributed by atoms with Crippen LogP contribution >= 0.6 is 0 Å². The van der Waals surface area contributed by atoms with Crippen molar-refractivity contribution < 1.29 is 3.76 Å². The molecule has 3 aromatic rings. The molecule has 0 saturated carbocycles. The van der Waals surface area contributed by atoms with Gasteiger partial charge in [-0.1, -0.05) is 0 Å². The Bertz CT molecular complexity index is 771. The van der Waals surface area contributed by atoms with Crippen LogP contribution in [0.5, 0.6) is 0 Å². The van der Waals surface area contributed by atoms with Crippen LogP contribution in [0, 0.1) is 0 Å². The topological polar surface area (TPSA) is 9.23 Å². The summed E-state index contributed by atoms with van der Waals surface area (Å²) in [5.74, 6) is 0. The predicted octanol–water partition coefficient (Wildman–Crippen LogP) is 4.81. The van der Waals surface area contributed by atoms with Crippen molar-refractivity contribution in [1.82, 2.24) is 0 Å². The van der Waals surface area contributed by atoms with Gasteiger partial charge in [0, 0.05) is 0 Å². The van der Waals surface area contributed by atoms with E-state index in [0.29, 0.717) is 0 Å². The molecule has 1 unspecified atom stereocenters. The fraction of sp³-hybridized carbons (Fsp3) is 0.231. The molecular formula is C26H30GeO. The van der Waals surface area contributed by atoms with Crippen LogP contribution in [0.2, 0.25) is 0 Å². The molecule has 0 aromatic heterocycles. The van der Waals surface area contributed by atoms with Crippen LogP contribution in [0.3, 0.4) is 0 Å². The van der Waals surface area contributed by atoms with Crippen molar-refractivity contribution in [2.45, 2.75) is 39.7 Å². The number of hydrogen-bond acceptors (Lipinski definition) is 1. The third kappa shape index (κ3) is 4.84. The molecule has 0 aliphatic carbocycles. The van der Waals surface area contributed by atoms with Crippen molar-refractivity contribution in [3.8, 4) is 0 Å². The third-order valence-corrected chi connectivity index (χ3v) is 13.8. The summed E-state index contributed by atoms with van der Waals surface area (Å²) in [4.78, 5) is 0. The van der Waals surface area contributed by atoms with Gasteiger partial charge in [-0.15, -0.1) is 0 Å². The Labute approximate surface area is 172 Å². The van der Waals surface area contributed by atoms with Gasteiger partial charge >= 0.3 is 173 Å². The molecule has 0 spiro atoms. The first-order valence-corrected chi connectivity index (χ1v) is 14.1. The van der Waals surface area contributed by atoms with E-state index in [9.17, 15) is 0 Å². The normalized spacial score (nSPS) is 12.4. The Balaban J connectivity index is 2.10. The molecule has 0 aliphatic heterocycles. The Morgan fingerprint density at radius 2 is 1.14 bits per heavy atom. The van der Waals surface area contributed by atoms with Crippen molar-refractivity contribution in [1.29, 1.82) is 0 Å². The summed E-state index contributed by atoms with van der Waals surface area (Å²) in [6.45, 7) is 6.55. The quantitative estimate of drug-likeness (QED) is 0.368. The molecule has 2 heteroatoms. The van der Waals surface area contributed by atoms with E-state index in [1.54, 1.807) is 0 Å². The summed E-state index contributed by atoms with van der Waals surface area (Å²) >= 11 is -3.27. The van der Waals surface area contributed by atoms with E-state index in [1.165, 1.54) is 18.8 Å². The molecule has 0 aliphatic rings. The number of allylic oxidation sites excluding steroid dienone is 2. The Morgan fingerprint density at radius 3 is 1.50 bits per heavy atom. The summed E-state index contributed by atoms with van der Waals surface area (Å²) in [7, 11) is 0. The molecule has 0 N–H and O–H groups in total. The van der Waals surface area contributed by atoms with Gasteiger partial charge in [-0.2, -0.15) is 0 Å². The van der Waals surface area contributed by atoms with E-state index in [0.717, 1.165) is 12.8 Å². The minimum atomic E-state index is -3.27. The molecule has 0 saturated heterocycles. The van der Waals surface area contributed by atoms with Gasteiger partial charge in [-0.05, 0) is 0 Å². The Morgan fingerprint density at radius 1 is 0.750 bits per heavy atom. The summed E-state index contributed by atoms with van der Waals surface area (Å²) in [5.41, 5.74) is 1.37. The second kappa shape index (κ2) is 9.90. The van der Waals surface area contributed by atoms with Crippen molar-refractivity contribution in [3.63, 3.8) is 0 Å². The van der Waals surface area contributed by atoms with Gasteiger partial charge in [0.05, 0.1) is 0 Å². The first-order chi connectivity index (χ1) is 13.6. The molecule has 0 radical (unpaired) electrons. The fourth-order valence-electron chi connectivity index (χ4n) is 3.69. The Kier molecular flexibility index (Phi) is 7.30. The SMILES string of the molecule is CC(C)=CCCC(C)[O][Ge]([c]1ccccc1)([c]1ccccc1)[c]1ccccc1. The second-order valence-electron chi connectivity index (χ2n) is 7.57. The first kappa shape index (κ1) is 20.6. The van der Waals surface area contributed by atoms with E-state index >= 15 is 0 Å². The molecule has 1 nitrogen and oxygen atoms in total. The zero-order valence-corrected chi connectivity index (χ0v) is 19.2. The van der Waals surface area contributed by atoms with E-state index < -0.39 is 13.6 Å². The standard InChI is InChI=1S/C26H30GeO/c1-22(2)14-13-15-23(3)28-27(24-16-7-4-8-17-24,25-18-9-5-10-19-25)26-20-11-6-12-21-26/h4-12,14,16-21,23H,13,15H2,1-3H3. The monoisotopic (exact) mass is 432 g/mol. The molecule has 0 amide bonds.